The molecule has 0 aromatic carbocycles. The molecule has 0 saturated carbocycles. The molecule has 0 aliphatic carbocycles. The molecular formula is C13H23BO4. The minimum Gasteiger partial charge on any atom is -0.398 e. The molecule has 0 aromatic heterocycles. The van der Waals surface area contributed by atoms with Crippen LogP contribution in [0, 0.1) is 11.7 Å². The van der Waals surface area contributed by atoms with E-state index in [0.29, 0.717) is 6.61 Å². The molecule has 102 valence electrons. The van der Waals surface area contributed by atoms with E-state index in [0.717, 1.165) is 0 Å². The van der Waals surface area contributed by atoms with E-state index in [4.69, 9.17) is 18.8 Å². The summed E-state index contributed by atoms with van der Waals surface area (Å²) in [4.78, 5) is 0. The molecule has 0 aromatic rings. The quantitative estimate of drug-likeness (QED) is 0.207. The van der Waals surface area contributed by atoms with Gasteiger partial charge in [-0.25, -0.2) is 0 Å². The minimum atomic E-state index is -0.511. The fraction of sp³-hybridized carbons (Fsp3) is 0.692. The highest BCUT2D eigenvalue weighted by Crippen LogP contribution is 1.98. The maximum Gasteiger partial charge on any atom is 0.550 e. The van der Waals surface area contributed by atoms with Crippen LogP contribution in [0.3, 0.4) is 0 Å². The number of ether oxygens (including phenoxy) is 2. The molecule has 0 aliphatic rings. The molecule has 4 nitrogen and oxygen atoms in total. The van der Waals surface area contributed by atoms with Gasteiger partial charge in [-0.05, 0) is 27.7 Å². The lowest BCUT2D eigenvalue weighted by molar-refractivity contribution is -0.0312. The molecule has 5 heteroatoms. The molecule has 0 heterocycles. The van der Waals surface area contributed by atoms with E-state index >= 15 is 0 Å². The first-order valence-electron chi connectivity index (χ1n) is 6.12. The van der Waals surface area contributed by atoms with Gasteiger partial charge in [0.25, 0.3) is 0 Å². The summed E-state index contributed by atoms with van der Waals surface area (Å²) in [5.41, 5.74) is 0. The van der Waals surface area contributed by atoms with Gasteiger partial charge in [-0.2, -0.15) is 0 Å². The first-order chi connectivity index (χ1) is 8.56. The van der Waals surface area contributed by atoms with Crippen molar-refractivity contribution < 1.29 is 18.8 Å². The summed E-state index contributed by atoms with van der Waals surface area (Å²) in [6, 6.07) is 0. The van der Waals surface area contributed by atoms with Crippen LogP contribution in [-0.4, -0.2) is 39.3 Å². The average molecular weight is 254 g/mol. The number of hydrogen-bond donors (Lipinski definition) is 0. The van der Waals surface area contributed by atoms with Crippen molar-refractivity contribution in [3.63, 3.8) is 0 Å². The van der Waals surface area contributed by atoms with E-state index in [2.05, 4.69) is 18.3 Å². The largest absolute Gasteiger partial charge is 0.550 e. The molecule has 0 amide bonds. The molecule has 0 fully saturated rings. The van der Waals surface area contributed by atoms with E-state index < -0.39 is 7.12 Å². The zero-order valence-electron chi connectivity index (χ0n) is 11.8. The van der Waals surface area contributed by atoms with Crippen LogP contribution in [0.1, 0.15) is 27.7 Å². The summed E-state index contributed by atoms with van der Waals surface area (Å²) in [7, 11) is -0.511. The Hall–Kier alpha value is -0.795. The lowest BCUT2D eigenvalue weighted by Gasteiger charge is -2.14. The van der Waals surface area contributed by atoms with E-state index in [-0.39, 0.29) is 25.6 Å². The van der Waals surface area contributed by atoms with Crippen molar-refractivity contribution in [3.8, 4) is 11.7 Å². The van der Waals surface area contributed by atoms with Crippen LogP contribution in [0.4, 0.5) is 0 Å². The van der Waals surface area contributed by atoms with Gasteiger partial charge < -0.3 is 18.8 Å². The lowest BCUT2D eigenvalue weighted by Crippen LogP contribution is -2.28. The van der Waals surface area contributed by atoms with Crippen LogP contribution in [0.2, 0.25) is 0 Å². The van der Waals surface area contributed by atoms with E-state index in [1.165, 1.54) is 0 Å². The van der Waals surface area contributed by atoms with E-state index in [9.17, 15) is 0 Å². The molecule has 0 aliphatic heterocycles. The molecule has 0 rings (SSSR count). The Balaban J connectivity index is 3.88. The van der Waals surface area contributed by atoms with Gasteiger partial charge in [0.05, 0.1) is 6.61 Å². The predicted molar refractivity (Wildman–Crippen MR) is 72.9 cm³/mol. The number of rotatable bonds is 9. The van der Waals surface area contributed by atoms with E-state index in [1.807, 2.05) is 27.7 Å². The zero-order valence-corrected chi connectivity index (χ0v) is 11.8. The first-order valence-corrected chi connectivity index (χ1v) is 6.12. The molecule has 0 radical (unpaired) electrons. The molecule has 0 N–H and O–H groups in total. The Bertz CT molecular complexity index is 258. The second kappa shape index (κ2) is 11.3. The summed E-state index contributed by atoms with van der Waals surface area (Å²) < 4.78 is 21.2. The van der Waals surface area contributed by atoms with Crippen LogP contribution in [0.5, 0.6) is 0 Å². The van der Waals surface area contributed by atoms with Gasteiger partial charge in [0.1, 0.15) is 13.4 Å². The highest BCUT2D eigenvalue weighted by molar-refractivity contribution is 6.54. The highest BCUT2D eigenvalue weighted by Gasteiger charge is 2.18. The zero-order chi connectivity index (χ0) is 13.8. The van der Waals surface area contributed by atoms with Gasteiger partial charge in [0.15, 0.2) is 0 Å². The highest BCUT2D eigenvalue weighted by atomic mass is 16.7. The Morgan fingerprint density at radius 3 is 2.22 bits per heavy atom. The fourth-order valence-corrected chi connectivity index (χ4v) is 1.00. The third-order valence-corrected chi connectivity index (χ3v) is 1.59. The van der Waals surface area contributed by atoms with Gasteiger partial charge in [-0.15, -0.1) is 6.58 Å². The fourth-order valence-electron chi connectivity index (χ4n) is 1.00. The Morgan fingerprint density at radius 1 is 1.11 bits per heavy atom. The van der Waals surface area contributed by atoms with Crippen molar-refractivity contribution in [2.24, 2.45) is 0 Å². The van der Waals surface area contributed by atoms with E-state index in [1.54, 1.807) is 6.08 Å². The van der Waals surface area contributed by atoms with Crippen molar-refractivity contribution in [3.05, 3.63) is 12.7 Å². The monoisotopic (exact) mass is 254 g/mol. The standard InChI is InChI=1S/C13H23BO4/c1-6-9-15-11-16-10-7-8-14(17-12(2)3)18-13(4)5/h6,12-13H,1,9-11H2,2-5H3. The van der Waals surface area contributed by atoms with Crippen LogP contribution >= 0.6 is 0 Å². The molecule has 0 spiro atoms. The second-order valence-corrected chi connectivity index (χ2v) is 4.15. The lowest BCUT2D eigenvalue weighted by atomic mass is 9.90. The third kappa shape index (κ3) is 11.7. The minimum absolute atomic E-state index is 0.0693. The number of hydrogen-bond acceptors (Lipinski definition) is 4. The Labute approximate surface area is 111 Å². The first kappa shape index (κ1) is 17.2. The summed E-state index contributed by atoms with van der Waals surface area (Å²) in [5.74, 6) is 5.72. The third-order valence-electron chi connectivity index (χ3n) is 1.59. The van der Waals surface area contributed by atoms with Gasteiger partial charge in [0, 0.05) is 12.2 Å². The Kier molecular flexibility index (Phi) is 10.8. The van der Waals surface area contributed by atoms with Crippen molar-refractivity contribution in [2.45, 2.75) is 39.9 Å². The summed E-state index contributed by atoms with van der Waals surface area (Å²) in [6.07, 6.45) is 1.80. The van der Waals surface area contributed by atoms with Gasteiger partial charge in [-0.1, -0.05) is 17.8 Å². The van der Waals surface area contributed by atoms with Crippen molar-refractivity contribution in [1.29, 1.82) is 0 Å². The van der Waals surface area contributed by atoms with Gasteiger partial charge >= 0.3 is 7.12 Å². The topological polar surface area (TPSA) is 36.9 Å². The molecular weight excluding hydrogens is 231 g/mol. The maximum atomic E-state index is 5.51. The van der Waals surface area contributed by atoms with Crippen molar-refractivity contribution in [1.82, 2.24) is 0 Å². The SMILES string of the molecule is C=CCOCOCC#CB(OC(C)C)OC(C)C. The van der Waals surface area contributed by atoms with Gasteiger partial charge in [0.2, 0.25) is 0 Å². The van der Waals surface area contributed by atoms with Crippen LogP contribution < -0.4 is 0 Å². The van der Waals surface area contributed by atoms with Crippen LogP contribution in [0.25, 0.3) is 0 Å². The van der Waals surface area contributed by atoms with Crippen molar-refractivity contribution >= 4 is 7.12 Å². The van der Waals surface area contributed by atoms with Crippen molar-refractivity contribution in [2.75, 3.05) is 20.0 Å². The second-order valence-electron chi connectivity index (χ2n) is 4.15. The van der Waals surface area contributed by atoms with Gasteiger partial charge in [-0.3, -0.25) is 0 Å². The summed E-state index contributed by atoms with van der Waals surface area (Å²) in [6.45, 7) is 12.3. The maximum absolute atomic E-state index is 5.51. The predicted octanol–water partition coefficient (Wildman–Crippen LogP) is 2.04. The molecule has 18 heavy (non-hydrogen) atoms. The van der Waals surface area contributed by atoms with Crippen LogP contribution in [-0.2, 0) is 18.8 Å². The molecule has 0 saturated heterocycles. The molecule has 0 bridgehead atoms. The summed E-state index contributed by atoms with van der Waals surface area (Å²) >= 11 is 0. The summed E-state index contributed by atoms with van der Waals surface area (Å²) in [5, 5.41) is 0. The molecule has 0 atom stereocenters. The Morgan fingerprint density at radius 2 is 1.72 bits per heavy atom. The normalized spacial score (nSPS) is 10.3. The molecule has 0 unspecified atom stereocenters. The van der Waals surface area contributed by atoms with Crippen LogP contribution in [0.15, 0.2) is 12.7 Å². The average Bonchev–Trinajstić information content (AvgIpc) is 2.26. The smallest absolute Gasteiger partial charge is 0.398 e.